The standard InChI is InChI=1S/C17H16N4O2S2/c1-10-8-12(25-17-18-11(2)9-24-17)4-5-13(10)19-16(22)14-6-7-15(23-3)21-20-14/h4-9H,1-3H3,(H,19,22). The molecule has 0 radical (unpaired) electrons. The number of amides is 1. The summed E-state index contributed by atoms with van der Waals surface area (Å²) in [5.74, 6) is 0.0562. The first kappa shape index (κ1) is 17.4. The second-order valence-electron chi connectivity index (χ2n) is 5.25. The largest absolute Gasteiger partial charge is 0.480 e. The monoisotopic (exact) mass is 372 g/mol. The van der Waals surface area contributed by atoms with Gasteiger partial charge in [0.25, 0.3) is 5.91 Å². The molecule has 1 amide bonds. The number of nitrogens with one attached hydrogen (secondary N) is 1. The highest BCUT2D eigenvalue weighted by Gasteiger charge is 2.11. The van der Waals surface area contributed by atoms with Crippen molar-refractivity contribution in [3.8, 4) is 5.88 Å². The molecule has 8 heteroatoms. The molecule has 2 aromatic heterocycles. The molecule has 0 aliphatic carbocycles. The Kier molecular flexibility index (Phi) is 5.30. The lowest BCUT2D eigenvalue weighted by molar-refractivity contribution is 0.102. The number of ether oxygens (including phenoxy) is 1. The van der Waals surface area contributed by atoms with Crippen LogP contribution in [0.4, 0.5) is 5.69 Å². The Morgan fingerprint density at radius 1 is 1.20 bits per heavy atom. The van der Waals surface area contributed by atoms with E-state index in [1.807, 2.05) is 37.4 Å². The summed E-state index contributed by atoms with van der Waals surface area (Å²) >= 11 is 3.23. The number of anilines is 1. The van der Waals surface area contributed by atoms with E-state index in [0.717, 1.165) is 26.2 Å². The maximum absolute atomic E-state index is 12.3. The van der Waals surface area contributed by atoms with E-state index >= 15 is 0 Å². The van der Waals surface area contributed by atoms with Crippen molar-refractivity contribution in [2.24, 2.45) is 0 Å². The lowest BCUT2D eigenvalue weighted by Gasteiger charge is -2.09. The topological polar surface area (TPSA) is 77.0 Å². The average Bonchev–Trinajstić information content (AvgIpc) is 3.02. The van der Waals surface area contributed by atoms with Crippen LogP contribution in [0.1, 0.15) is 21.7 Å². The highest BCUT2D eigenvalue weighted by molar-refractivity contribution is 8.01. The Morgan fingerprint density at radius 3 is 2.64 bits per heavy atom. The number of methoxy groups -OCH3 is 1. The fraction of sp³-hybridized carbons (Fsp3) is 0.176. The van der Waals surface area contributed by atoms with Crippen LogP contribution >= 0.6 is 23.1 Å². The summed E-state index contributed by atoms with van der Waals surface area (Å²) in [4.78, 5) is 17.8. The van der Waals surface area contributed by atoms with Crippen LogP contribution in [0, 0.1) is 13.8 Å². The molecule has 0 aliphatic rings. The molecule has 0 fully saturated rings. The van der Waals surface area contributed by atoms with Crippen LogP contribution in [0.25, 0.3) is 0 Å². The zero-order chi connectivity index (χ0) is 17.8. The van der Waals surface area contributed by atoms with Crippen LogP contribution in [0.3, 0.4) is 0 Å². The molecular weight excluding hydrogens is 356 g/mol. The SMILES string of the molecule is COc1ccc(C(=O)Nc2ccc(Sc3nc(C)cs3)cc2C)nn1. The minimum Gasteiger partial charge on any atom is -0.480 e. The summed E-state index contributed by atoms with van der Waals surface area (Å²) in [5, 5.41) is 12.5. The van der Waals surface area contributed by atoms with Crippen LogP contribution < -0.4 is 10.1 Å². The molecule has 0 unspecified atom stereocenters. The fourth-order valence-electron chi connectivity index (χ4n) is 2.06. The first-order chi connectivity index (χ1) is 12.0. The van der Waals surface area contributed by atoms with E-state index in [9.17, 15) is 4.79 Å². The van der Waals surface area contributed by atoms with E-state index in [-0.39, 0.29) is 11.6 Å². The number of thiazole rings is 1. The molecule has 1 N–H and O–H groups in total. The third kappa shape index (κ3) is 4.34. The number of rotatable bonds is 5. The zero-order valence-corrected chi connectivity index (χ0v) is 15.6. The third-order valence-electron chi connectivity index (χ3n) is 3.33. The van der Waals surface area contributed by atoms with Gasteiger partial charge < -0.3 is 10.1 Å². The van der Waals surface area contributed by atoms with Gasteiger partial charge >= 0.3 is 0 Å². The first-order valence-electron chi connectivity index (χ1n) is 7.45. The minimum atomic E-state index is -0.311. The Balaban J connectivity index is 1.70. The molecule has 0 bridgehead atoms. The number of nitrogens with zero attached hydrogens (tertiary/aromatic N) is 3. The molecule has 128 valence electrons. The molecule has 25 heavy (non-hydrogen) atoms. The third-order valence-corrected chi connectivity index (χ3v) is 5.38. The first-order valence-corrected chi connectivity index (χ1v) is 9.14. The molecule has 0 atom stereocenters. The predicted octanol–water partition coefficient (Wildman–Crippen LogP) is 3.96. The molecule has 0 saturated heterocycles. The van der Waals surface area contributed by atoms with Crippen molar-refractivity contribution in [2.45, 2.75) is 23.1 Å². The molecule has 2 heterocycles. The Hall–Kier alpha value is -2.45. The number of hydrogen-bond donors (Lipinski definition) is 1. The van der Waals surface area contributed by atoms with Crippen molar-refractivity contribution in [3.63, 3.8) is 0 Å². The lowest BCUT2D eigenvalue weighted by atomic mass is 10.2. The van der Waals surface area contributed by atoms with Gasteiger partial charge in [0.15, 0.2) is 10.0 Å². The van der Waals surface area contributed by atoms with E-state index in [4.69, 9.17) is 4.74 Å². The van der Waals surface area contributed by atoms with Crippen LogP contribution in [0.15, 0.2) is 44.9 Å². The van der Waals surface area contributed by atoms with E-state index in [0.29, 0.717) is 5.88 Å². The van der Waals surface area contributed by atoms with E-state index < -0.39 is 0 Å². The van der Waals surface area contributed by atoms with Gasteiger partial charge in [0.05, 0.1) is 7.11 Å². The van der Waals surface area contributed by atoms with Gasteiger partial charge in [-0.1, -0.05) is 11.8 Å². The van der Waals surface area contributed by atoms with E-state index in [1.54, 1.807) is 35.2 Å². The summed E-state index contributed by atoms with van der Waals surface area (Å²) in [6.45, 7) is 3.93. The van der Waals surface area contributed by atoms with Gasteiger partial charge in [0.1, 0.15) is 0 Å². The van der Waals surface area contributed by atoms with Gasteiger partial charge in [-0.3, -0.25) is 4.79 Å². The van der Waals surface area contributed by atoms with Crippen molar-refractivity contribution in [2.75, 3.05) is 12.4 Å². The Labute approximate surface area is 153 Å². The summed E-state index contributed by atoms with van der Waals surface area (Å²) in [6, 6.07) is 9.05. The summed E-state index contributed by atoms with van der Waals surface area (Å²) in [6.07, 6.45) is 0. The molecule has 0 saturated carbocycles. The second kappa shape index (κ2) is 7.62. The van der Waals surface area contributed by atoms with Crippen molar-refractivity contribution < 1.29 is 9.53 Å². The Morgan fingerprint density at radius 2 is 2.04 bits per heavy atom. The molecular formula is C17H16N4O2S2. The van der Waals surface area contributed by atoms with Gasteiger partial charge in [0, 0.05) is 27.7 Å². The zero-order valence-electron chi connectivity index (χ0n) is 13.9. The normalized spacial score (nSPS) is 10.5. The molecule has 0 aliphatic heterocycles. The summed E-state index contributed by atoms with van der Waals surface area (Å²) in [5.41, 5.74) is 2.96. The van der Waals surface area contributed by atoms with E-state index in [2.05, 4.69) is 20.5 Å². The van der Waals surface area contributed by atoms with Gasteiger partial charge in [0.2, 0.25) is 5.88 Å². The van der Waals surface area contributed by atoms with Gasteiger partial charge in [-0.15, -0.1) is 21.5 Å². The number of hydrogen-bond acceptors (Lipinski definition) is 7. The smallest absolute Gasteiger partial charge is 0.276 e. The number of aromatic nitrogens is 3. The predicted molar refractivity (Wildman–Crippen MR) is 98.7 cm³/mol. The van der Waals surface area contributed by atoms with Gasteiger partial charge in [-0.2, -0.15) is 0 Å². The van der Waals surface area contributed by atoms with Crippen LogP contribution in [0.5, 0.6) is 5.88 Å². The molecule has 3 aromatic rings. The lowest BCUT2D eigenvalue weighted by Crippen LogP contribution is -2.15. The van der Waals surface area contributed by atoms with Crippen molar-refractivity contribution in [1.82, 2.24) is 15.2 Å². The Bertz CT molecular complexity index is 894. The van der Waals surface area contributed by atoms with Gasteiger partial charge in [-0.05, 0) is 43.7 Å². The van der Waals surface area contributed by atoms with Crippen molar-refractivity contribution in [3.05, 3.63) is 52.7 Å². The average molecular weight is 372 g/mol. The summed E-state index contributed by atoms with van der Waals surface area (Å²) < 4.78 is 5.94. The number of carbonyl (C=O) groups excluding carboxylic acids is 1. The quantitative estimate of drug-likeness (QED) is 0.730. The number of carbonyl (C=O) groups is 1. The minimum absolute atomic E-state index is 0.233. The number of aryl methyl sites for hydroxylation is 2. The van der Waals surface area contributed by atoms with Crippen molar-refractivity contribution >= 4 is 34.7 Å². The van der Waals surface area contributed by atoms with Crippen molar-refractivity contribution in [1.29, 1.82) is 0 Å². The highest BCUT2D eigenvalue weighted by Crippen LogP contribution is 2.32. The second-order valence-corrected chi connectivity index (χ2v) is 7.43. The molecule has 0 spiro atoms. The van der Waals surface area contributed by atoms with Crippen LogP contribution in [0.2, 0.25) is 0 Å². The summed E-state index contributed by atoms with van der Waals surface area (Å²) in [7, 11) is 1.50. The van der Waals surface area contributed by atoms with Crippen LogP contribution in [-0.2, 0) is 0 Å². The molecule has 3 rings (SSSR count). The maximum atomic E-state index is 12.3. The fourth-order valence-corrected chi connectivity index (χ4v) is 3.97. The molecule has 1 aromatic carbocycles. The number of benzene rings is 1. The molecule has 6 nitrogen and oxygen atoms in total. The van der Waals surface area contributed by atoms with E-state index in [1.165, 1.54) is 7.11 Å². The van der Waals surface area contributed by atoms with Crippen LogP contribution in [-0.4, -0.2) is 28.2 Å². The maximum Gasteiger partial charge on any atom is 0.276 e. The van der Waals surface area contributed by atoms with Gasteiger partial charge in [-0.25, -0.2) is 4.98 Å². The highest BCUT2D eigenvalue weighted by atomic mass is 32.2.